The number of methoxy groups -OCH3 is 2. The van der Waals surface area contributed by atoms with E-state index in [2.05, 4.69) is 0 Å². The first kappa shape index (κ1) is 13.4. The molecule has 0 amide bonds. The number of hydrogen-bond acceptors (Lipinski definition) is 4. The Bertz CT molecular complexity index is 595. The minimum atomic E-state index is -0.458. The lowest BCUT2D eigenvalue weighted by Gasteiger charge is -2.15. The van der Waals surface area contributed by atoms with Crippen molar-refractivity contribution in [2.24, 2.45) is 5.73 Å². The molecule has 2 aromatic rings. The molecule has 0 aliphatic rings. The summed E-state index contributed by atoms with van der Waals surface area (Å²) in [5, 5.41) is 2.00. The fraction of sp³-hybridized carbons (Fsp3) is 0.267. The van der Waals surface area contributed by atoms with Gasteiger partial charge in [-0.1, -0.05) is 24.3 Å². The fourth-order valence-electron chi connectivity index (χ4n) is 2.20. The van der Waals surface area contributed by atoms with E-state index in [0.717, 1.165) is 22.1 Å². The first-order valence-electron chi connectivity index (χ1n) is 6.05. The molecule has 4 nitrogen and oxygen atoms in total. The highest BCUT2D eigenvalue weighted by molar-refractivity contribution is 5.92. The van der Waals surface area contributed by atoms with Crippen molar-refractivity contribution in [2.75, 3.05) is 20.8 Å². The van der Waals surface area contributed by atoms with Crippen LogP contribution in [0, 0.1) is 0 Å². The smallest absolute Gasteiger partial charge is 0.314 e. The predicted octanol–water partition coefficient (Wildman–Crippen LogP) is 2.06. The van der Waals surface area contributed by atoms with Gasteiger partial charge in [0.1, 0.15) is 5.75 Å². The van der Waals surface area contributed by atoms with E-state index in [0.29, 0.717) is 0 Å². The molecule has 1 unspecified atom stereocenters. The third kappa shape index (κ3) is 2.53. The average molecular weight is 259 g/mol. The van der Waals surface area contributed by atoms with E-state index in [-0.39, 0.29) is 12.5 Å². The van der Waals surface area contributed by atoms with Gasteiger partial charge in [0, 0.05) is 6.54 Å². The molecule has 2 aromatic carbocycles. The molecule has 0 radical (unpaired) electrons. The highest BCUT2D eigenvalue weighted by atomic mass is 16.5. The average Bonchev–Trinajstić information content (AvgIpc) is 2.47. The van der Waals surface area contributed by atoms with E-state index in [1.807, 2.05) is 36.4 Å². The summed E-state index contributed by atoms with van der Waals surface area (Å²) in [5.41, 5.74) is 6.58. The first-order chi connectivity index (χ1) is 9.21. The Labute approximate surface area is 112 Å². The number of carbonyl (C=O) groups excluding carboxylic acids is 1. The second-order valence-electron chi connectivity index (χ2n) is 4.25. The van der Waals surface area contributed by atoms with Crippen LogP contribution in [0.2, 0.25) is 0 Å². The van der Waals surface area contributed by atoms with Gasteiger partial charge in [0.25, 0.3) is 0 Å². The van der Waals surface area contributed by atoms with Crippen molar-refractivity contribution in [1.82, 2.24) is 0 Å². The summed E-state index contributed by atoms with van der Waals surface area (Å²) < 4.78 is 10.0. The van der Waals surface area contributed by atoms with Crippen LogP contribution in [-0.4, -0.2) is 26.7 Å². The zero-order valence-electron chi connectivity index (χ0n) is 11.1. The first-order valence-corrected chi connectivity index (χ1v) is 6.05. The van der Waals surface area contributed by atoms with Crippen LogP contribution in [0.4, 0.5) is 0 Å². The number of ether oxygens (including phenoxy) is 2. The predicted molar refractivity (Wildman–Crippen MR) is 74.3 cm³/mol. The van der Waals surface area contributed by atoms with Crippen molar-refractivity contribution in [1.29, 1.82) is 0 Å². The van der Waals surface area contributed by atoms with Crippen LogP contribution >= 0.6 is 0 Å². The summed E-state index contributed by atoms with van der Waals surface area (Å²) in [5.74, 6) is -0.0285. The van der Waals surface area contributed by atoms with Crippen LogP contribution in [0.15, 0.2) is 36.4 Å². The molecule has 2 N–H and O–H groups in total. The standard InChI is InChI=1S/C15H17NO3/c1-18-11-7-6-10-4-3-5-12(13(10)8-11)14(9-16)15(17)19-2/h3-8,14H,9,16H2,1-2H3. The fourth-order valence-corrected chi connectivity index (χ4v) is 2.20. The molecule has 0 aliphatic carbocycles. The lowest BCUT2D eigenvalue weighted by atomic mass is 9.93. The third-order valence-corrected chi connectivity index (χ3v) is 3.22. The maximum Gasteiger partial charge on any atom is 0.314 e. The number of fused-ring (bicyclic) bond motifs is 1. The molecule has 0 aliphatic heterocycles. The van der Waals surface area contributed by atoms with Crippen LogP contribution in [0.5, 0.6) is 5.75 Å². The zero-order chi connectivity index (χ0) is 13.8. The van der Waals surface area contributed by atoms with Gasteiger partial charge in [-0.05, 0) is 28.5 Å². The summed E-state index contributed by atoms with van der Waals surface area (Å²) in [6, 6.07) is 11.6. The van der Waals surface area contributed by atoms with Gasteiger partial charge in [0.05, 0.1) is 20.1 Å². The molecule has 0 saturated heterocycles. The normalized spacial score (nSPS) is 12.2. The molecule has 1 atom stereocenters. The molecular weight excluding hydrogens is 242 g/mol. The Hall–Kier alpha value is -2.07. The summed E-state index contributed by atoms with van der Waals surface area (Å²) in [6.07, 6.45) is 0. The molecule has 0 fully saturated rings. The second kappa shape index (κ2) is 5.71. The summed E-state index contributed by atoms with van der Waals surface area (Å²) in [6.45, 7) is 0.211. The maximum atomic E-state index is 11.8. The molecule has 0 heterocycles. The topological polar surface area (TPSA) is 61.5 Å². The highest BCUT2D eigenvalue weighted by Crippen LogP contribution is 2.29. The third-order valence-electron chi connectivity index (χ3n) is 3.22. The molecule has 0 aromatic heterocycles. The van der Waals surface area contributed by atoms with Crippen molar-refractivity contribution in [3.05, 3.63) is 42.0 Å². The van der Waals surface area contributed by atoms with Crippen LogP contribution in [0.1, 0.15) is 11.5 Å². The van der Waals surface area contributed by atoms with Crippen molar-refractivity contribution in [3.8, 4) is 5.75 Å². The zero-order valence-corrected chi connectivity index (χ0v) is 11.1. The molecule has 0 saturated carbocycles. The quantitative estimate of drug-likeness (QED) is 0.854. The van der Waals surface area contributed by atoms with Crippen molar-refractivity contribution in [3.63, 3.8) is 0 Å². The maximum absolute atomic E-state index is 11.8. The van der Waals surface area contributed by atoms with Crippen molar-refractivity contribution >= 4 is 16.7 Å². The Kier molecular flexibility index (Phi) is 4.02. The van der Waals surface area contributed by atoms with Crippen LogP contribution < -0.4 is 10.5 Å². The molecule has 0 bridgehead atoms. The molecule has 2 rings (SSSR count). The number of carbonyl (C=O) groups is 1. The Balaban J connectivity index is 2.61. The minimum Gasteiger partial charge on any atom is -0.497 e. The van der Waals surface area contributed by atoms with E-state index in [9.17, 15) is 4.79 Å². The molecule has 100 valence electrons. The lowest BCUT2D eigenvalue weighted by molar-refractivity contribution is -0.142. The van der Waals surface area contributed by atoms with Crippen molar-refractivity contribution in [2.45, 2.75) is 5.92 Å². The number of esters is 1. The Morgan fingerprint density at radius 2 is 2.05 bits per heavy atom. The van der Waals surface area contributed by atoms with Gasteiger partial charge >= 0.3 is 5.97 Å². The number of nitrogens with two attached hydrogens (primary N) is 1. The molecular formula is C15H17NO3. The lowest BCUT2D eigenvalue weighted by Crippen LogP contribution is -2.23. The van der Waals surface area contributed by atoms with Gasteiger partial charge in [-0.3, -0.25) is 4.79 Å². The van der Waals surface area contributed by atoms with E-state index >= 15 is 0 Å². The van der Waals surface area contributed by atoms with Gasteiger partial charge in [0.2, 0.25) is 0 Å². The van der Waals surface area contributed by atoms with Gasteiger partial charge in [-0.2, -0.15) is 0 Å². The highest BCUT2D eigenvalue weighted by Gasteiger charge is 2.21. The second-order valence-corrected chi connectivity index (χ2v) is 4.25. The number of hydrogen-bond donors (Lipinski definition) is 1. The summed E-state index contributed by atoms with van der Waals surface area (Å²) >= 11 is 0. The van der Waals surface area contributed by atoms with Crippen LogP contribution in [-0.2, 0) is 9.53 Å². The number of rotatable bonds is 4. The van der Waals surface area contributed by atoms with E-state index in [1.165, 1.54) is 7.11 Å². The van der Waals surface area contributed by atoms with E-state index < -0.39 is 5.92 Å². The molecule has 4 heteroatoms. The number of benzene rings is 2. The summed E-state index contributed by atoms with van der Waals surface area (Å²) in [4.78, 5) is 11.8. The largest absolute Gasteiger partial charge is 0.497 e. The van der Waals surface area contributed by atoms with Crippen LogP contribution in [0.25, 0.3) is 10.8 Å². The van der Waals surface area contributed by atoms with Gasteiger partial charge in [-0.25, -0.2) is 0 Å². The Morgan fingerprint density at radius 3 is 2.68 bits per heavy atom. The SMILES string of the molecule is COC(=O)C(CN)c1cccc2ccc(OC)cc12. The van der Waals surface area contributed by atoms with E-state index in [4.69, 9.17) is 15.2 Å². The molecule has 0 spiro atoms. The van der Waals surface area contributed by atoms with E-state index in [1.54, 1.807) is 7.11 Å². The van der Waals surface area contributed by atoms with Gasteiger partial charge in [-0.15, -0.1) is 0 Å². The minimum absolute atomic E-state index is 0.211. The monoisotopic (exact) mass is 259 g/mol. The van der Waals surface area contributed by atoms with Crippen molar-refractivity contribution < 1.29 is 14.3 Å². The van der Waals surface area contributed by atoms with Gasteiger partial charge < -0.3 is 15.2 Å². The summed E-state index contributed by atoms with van der Waals surface area (Å²) in [7, 11) is 2.99. The van der Waals surface area contributed by atoms with Crippen LogP contribution in [0.3, 0.4) is 0 Å². The van der Waals surface area contributed by atoms with Gasteiger partial charge in [0.15, 0.2) is 0 Å². The molecule has 19 heavy (non-hydrogen) atoms. The Morgan fingerprint density at radius 1 is 1.26 bits per heavy atom.